The number of amides is 1. The molecule has 1 rings (SSSR count). The van der Waals surface area contributed by atoms with Gasteiger partial charge in [-0.25, -0.2) is 8.78 Å². The maximum absolute atomic E-state index is 12.7. The molecule has 0 saturated heterocycles. The summed E-state index contributed by atoms with van der Waals surface area (Å²) in [5.74, 6) is -2.69. The highest BCUT2D eigenvalue weighted by Gasteiger charge is 2.13. The molecule has 0 aliphatic rings. The Morgan fingerprint density at radius 3 is 2.15 bits per heavy atom. The van der Waals surface area contributed by atoms with Crippen LogP contribution in [0.25, 0.3) is 0 Å². The summed E-state index contributed by atoms with van der Waals surface area (Å²) in [7, 11) is 0. The van der Waals surface area contributed by atoms with Crippen molar-refractivity contribution in [2.24, 2.45) is 5.73 Å². The van der Waals surface area contributed by atoms with E-state index in [0.29, 0.717) is 0 Å². The predicted octanol–water partition coefficient (Wildman–Crippen LogP) is 1.55. The van der Waals surface area contributed by atoms with E-state index in [2.05, 4.69) is 0 Å². The van der Waals surface area contributed by atoms with Gasteiger partial charge in [0.15, 0.2) is 0 Å². The van der Waals surface area contributed by atoms with Crippen LogP contribution in [0.1, 0.15) is 18.4 Å². The number of halogens is 2. The number of benzene rings is 1. The summed E-state index contributed by atoms with van der Waals surface area (Å²) >= 11 is 0. The first-order valence-corrected chi connectivity index (χ1v) is 3.76. The number of carbonyl (C=O) groups is 1. The van der Waals surface area contributed by atoms with Crippen molar-refractivity contribution in [2.75, 3.05) is 0 Å². The van der Waals surface area contributed by atoms with E-state index in [4.69, 9.17) is 5.73 Å². The van der Waals surface area contributed by atoms with E-state index >= 15 is 0 Å². The molecule has 1 aromatic rings. The van der Waals surface area contributed by atoms with Crippen LogP contribution in [0, 0.1) is 11.6 Å². The minimum atomic E-state index is -0.705. The normalized spacial score (nSPS) is 12.5. The quantitative estimate of drug-likeness (QED) is 0.746. The van der Waals surface area contributed by atoms with Crippen LogP contribution in [0.2, 0.25) is 0 Å². The van der Waals surface area contributed by atoms with Crippen LogP contribution < -0.4 is 5.73 Å². The maximum atomic E-state index is 12.7. The van der Waals surface area contributed by atoms with Gasteiger partial charge < -0.3 is 5.73 Å². The molecule has 13 heavy (non-hydrogen) atoms. The summed E-state index contributed by atoms with van der Waals surface area (Å²) in [6, 6.07) is 2.94. The van der Waals surface area contributed by atoms with E-state index in [9.17, 15) is 13.6 Å². The van der Waals surface area contributed by atoms with Crippen LogP contribution in [-0.2, 0) is 4.79 Å². The Hall–Kier alpha value is -1.45. The number of nitrogens with two attached hydrogens (primary N) is 1. The molecule has 0 bridgehead atoms. The summed E-state index contributed by atoms with van der Waals surface area (Å²) in [6.45, 7) is 1.50. The molecule has 2 N–H and O–H groups in total. The molecule has 0 heterocycles. The van der Waals surface area contributed by atoms with E-state index < -0.39 is 23.5 Å². The van der Waals surface area contributed by atoms with Gasteiger partial charge in [0.25, 0.3) is 0 Å². The zero-order valence-corrected chi connectivity index (χ0v) is 7.05. The van der Waals surface area contributed by atoms with E-state index in [0.717, 1.165) is 18.2 Å². The van der Waals surface area contributed by atoms with Gasteiger partial charge in [-0.15, -0.1) is 0 Å². The Morgan fingerprint density at radius 1 is 1.31 bits per heavy atom. The Labute approximate surface area is 74.4 Å². The van der Waals surface area contributed by atoms with Gasteiger partial charge in [0.05, 0.1) is 5.92 Å². The number of primary amides is 1. The largest absolute Gasteiger partial charge is 0.369 e. The first kappa shape index (κ1) is 9.64. The molecule has 0 aliphatic heterocycles. The van der Waals surface area contributed by atoms with Crippen molar-refractivity contribution in [3.63, 3.8) is 0 Å². The molecular weight excluding hydrogens is 176 g/mol. The van der Waals surface area contributed by atoms with Crippen molar-refractivity contribution in [1.82, 2.24) is 0 Å². The summed E-state index contributed by atoms with van der Waals surface area (Å²) in [4.78, 5) is 10.7. The number of hydrogen-bond donors (Lipinski definition) is 1. The molecule has 1 unspecified atom stereocenters. The molecule has 0 aromatic heterocycles. The van der Waals surface area contributed by atoms with E-state index in [-0.39, 0.29) is 5.56 Å². The van der Waals surface area contributed by atoms with Crippen LogP contribution in [0.3, 0.4) is 0 Å². The average molecular weight is 185 g/mol. The monoisotopic (exact) mass is 185 g/mol. The molecule has 0 radical (unpaired) electrons. The third-order valence-electron chi connectivity index (χ3n) is 1.81. The molecule has 70 valence electrons. The lowest BCUT2D eigenvalue weighted by Crippen LogP contribution is -2.18. The third-order valence-corrected chi connectivity index (χ3v) is 1.81. The van der Waals surface area contributed by atoms with Crippen LogP contribution in [0.4, 0.5) is 8.78 Å². The van der Waals surface area contributed by atoms with Crippen molar-refractivity contribution in [3.05, 3.63) is 35.4 Å². The van der Waals surface area contributed by atoms with Gasteiger partial charge >= 0.3 is 0 Å². The van der Waals surface area contributed by atoms with Crippen LogP contribution >= 0.6 is 0 Å². The fourth-order valence-electron chi connectivity index (χ4n) is 0.989. The molecule has 0 fully saturated rings. The Kier molecular flexibility index (Phi) is 2.60. The molecule has 4 heteroatoms. The van der Waals surface area contributed by atoms with Gasteiger partial charge in [0.1, 0.15) is 11.6 Å². The second-order valence-electron chi connectivity index (χ2n) is 2.83. The Bertz CT molecular complexity index is 318. The van der Waals surface area contributed by atoms with Crippen LogP contribution in [-0.4, -0.2) is 5.91 Å². The summed E-state index contributed by atoms with van der Waals surface area (Å²) in [5, 5.41) is 0. The van der Waals surface area contributed by atoms with Crippen molar-refractivity contribution < 1.29 is 13.6 Å². The molecule has 1 aromatic carbocycles. The van der Waals surface area contributed by atoms with Gasteiger partial charge in [-0.2, -0.15) is 0 Å². The number of hydrogen-bond acceptors (Lipinski definition) is 1. The van der Waals surface area contributed by atoms with Crippen molar-refractivity contribution in [3.8, 4) is 0 Å². The zero-order chi connectivity index (χ0) is 10.0. The molecule has 1 atom stereocenters. The Balaban J connectivity index is 3.07. The average Bonchev–Trinajstić information content (AvgIpc) is 2.01. The fourth-order valence-corrected chi connectivity index (χ4v) is 0.989. The predicted molar refractivity (Wildman–Crippen MR) is 44.0 cm³/mol. The van der Waals surface area contributed by atoms with Gasteiger partial charge in [-0.05, 0) is 24.6 Å². The van der Waals surface area contributed by atoms with Crippen molar-refractivity contribution in [1.29, 1.82) is 0 Å². The van der Waals surface area contributed by atoms with Crippen molar-refractivity contribution in [2.45, 2.75) is 12.8 Å². The molecule has 1 amide bonds. The summed E-state index contributed by atoms with van der Waals surface area (Å²) in [5.41, 5.74) is 5.24. The minimum absolute atomic E-state index is 0.255. The molecule has 0 saturated carbocycles. The number of rotatable bonds is 2. The molecule has 2 nitrogen and oxygen atoms in total. The van der Waals surface area contributed by atoms with Crippen LogP contribution in [0.5, 0.6) is 0 Å². The highest BCUT2D eigenvalue weighted by molar-refractivity contribution is 5.81. The lowest BCUT2D eigenvalue weighted by atomic mass is 10.0. The van der Waals surface area contributed by atoms with Gasteiger partial charge in [-0.3, -0.25) is 4.79 Å². The highest BCUT2D eigenvalue weighted by atomic mass is 19.1. The smallest absolute Gasteiger partial charge is 0.224 e. The zero-order valence-electron chi connectivity index (χ0n) is 7.05. The van der Waals surface area contributed by atoms with E-state index in [1.54, 1.807) is 0 Å². The van der Waals surface area contributed by atoms with Crippen LogP contribution in [0.15, 0.2) is 18.2 Å². The summed E-state index contributed by atoms with van der Waals surface area (Å²) < 4.78 is 25.3. The molecule has 0 spiro atoms. The highest BCUT2D eigenvalue weighted by Crippen LogP contribution is 2.17. The van der Waals surface area contributed by atoms with Gasteiger partial charge in [0.2, 0.25) is 5.91 Å². The molecule has 0 aliphatic carbocycles. The minimum Gasteiger partial charge on any atom is -0.369 e. The van der Waals surface area contributed by atoms with Gasteiger partial charge in [0, 0.05) is 6.07 Å². The fraction of sp³-hybridized carbons (Fsp3) is 0.222. The number of carbonyl (C=O) groups excluding carboxylic acids is 1. The molecular formula is C9H9F2NO. The second kappa shape index (κ2) is 3.51. The first-order valence-electron chi connectivity index (χ1n) is 3.76. The lowest BCUT2D eigenvalue weighted by molar-refractivity contribution is -0.119. The second-order valence-corrected chi connectivity index (χ2v) is 2.83. The van der Waals surface area contributed by atoms with Gasteiger partial charge in [-0.1, -0.05) is 0 Å². The SMILES string of the molecule is CC(C(N)=O)c1cc(F)cc(F)c1. The third kappa shape index (κ3) is 2.24. The van der Waals surface area contributed by atoms with E-state index in [1.807, 2.05) is 0 Å². The summed E-state index contributed by atoms with van der Waals surface area (Å²) in [6.07, 6.45) is 0. The Morgan fingerprint density at radius 2 is 1.77 bits per heavy atom. The lowest BCUT2D eigenvalue weighted by Gasteiger charge is -2.07. The van der Waals surface area contributed by atoms with E-state index in [1.165, 1.54) is 6.92 Å². The standard InChI is InChI=1S/C9H9F2NO/c1-5(9(12)13)6-2-7(10)4-8(11)3-6/h2-5H,1H3,(H2,12,13). The maximum Gasteiger partial charge on any atom is 0.224 e. The first-order chi connectivity index (χ1) is 6.00. The van der Waals surface area contributed by atoms with Crippen molar-refractivity contribution >= 4 is 5.91 Å². The topological polar surface area (TPSA) is 43.1 Å².